The highest BCUT2D eigenvalue weighted by Crippen LogP contribution is 2.26. The summed E-state index contributed by atoms with van der Waals surface area (Å²) >= 11 is 1.45. The molecule has 1 atom stereocenters. The van der Waals surface area contributed by atoms with Crippen LogP contribution in [0.15, 0.2) is 23.6 Å². The van der Waals surface area contributed by atoms with Crippen molar-refractivity contribution >= 4 is 22.4 Å². The molecular weight excluding hydrogens is 360 g/mol. The van der Waals surface area contributed by atoms with Crippen molar-refractivity contribution in [1.82, 2.24) is 14.8 Å². The summed E-state index contributed by atoms with van der Waals surface area (Å²) in [4.78, 5) is 21.4. The second kappa shape index (κ2) is 8.93. The van der Waals surface area contributed by atoms with Crippen LogP contribution in [0.3, 0.4) is 0 Å². The lowest BCUT2D eigenvalue weighted by atomic mass is 10.1. The molecule has 0 aliphatic carbocycles. The van der Waals surface area contributed by atoms with Crippen LogP contribution in [0.5, 0.6) is 0 Å². The first-order chi connectivity index (χ1) is 13.0. The summed E-state index contributed by atoms with van der Waals surface area (Å²) in [6.07, 6.45) is 0. The topological polar surface area (TPSA) is 68.7 Å². The van der Waals surface area contributed by atoms with Gasteiger partial charge in [-0.3, -0.25) is 14.6 Å². The molecule has 6 nitrogen and oxygen atoms in total. The van der Waals surface area contributed by atoms with Crippen LogP contribution in [0.2, 0.25) is 0 Å². The van der Waals surface area contributed by atoms with Crippen LogP contribution in [-0.4, -0.2) is 71.2 Å². The number of carbonyl (C=O) groups is 1. The van der Waals surface area contributed by atoms with Crippen LogP contribution in [0, 0.1) is 13.8 Å². The monoisotopic (exact) mass is 388 g/mol. The molecule has 7 heteroatoms. The quantitative estimate of drug-likeness (QED) is 0.795. The number of rotatable bonds is 6. The highest BCUT2D eigenvalue weighted by Gasteiger charge is 2.25. The molecule has 146 valence electrons. The number of aromatic nitrogens is 1. The number of aliphatic hydroxyl groups excluding tert-OH is 1. The molecule has 0 bridgehead atoms. The standard InChI is InChI=1S/C20H28N4O2S/c1-14-4-5-17(10-15(14)2)18-13-27-20(21-18)22-19(26)12-24-7-6-23(8-9-25)11-16(24)3/h4-5,10,13,16,25H,6-9,11-12H2,1-3H3,(H,21,22,26). The Morgan fingerprint density at radius 2 is 2.15 bits per heavy atom. The van der Waals surface area contributed by atoms with Crippen molar-refractivity contribution in [2.24, 2.45) is 0 Å². The summed E-state index contributed by atoms with van der Waals surface area (Å²) in [5.41, 5.74) is 4.46. The molecule has 1 unspecified atom stereocenters. The number of thiazole rings is 1. The molecule has 1 aromatic carbocycles. The van der Waals surface area contributed by atoms with Crippen molar-refractivity contribution in [2.75, 3.05) is 44.6 Å². The molecule has 3 rings (SSSR count). The molecule has 0 saturated carbocycles. The number of carbonyl (C=O) groups excluding carboxylic acids is 1. The molecule has 2 heterocycles. The molecule has 2 aromatic rings. The van der Waals surface area contributed by atoms with Crippen molar-refractivity contribution in [2.45, 2.75) is 26.8 Å². The number of nitrogens with one attached hydrogen (secondary N) is 1. The smallest absolute Gasteiger partial charge is 0.240 e. The third kappa shape index (κ3) is 5.13. The number of anilines is 1. The van der Waals surface area contributed by atoms with E-state index >= 15 is 0 Å². The van der Waals surface area contributed by atoms with Gasteiger partial charge >= 0.3 is 0 Å². The molecule has 1 aliphatic rings. The van der Waals surface area contributed by atoms with E-state index in [9.17, 15) is 4.79 Å². The normalized spacial score (nSPS) is 18.6. The molecule has 1 fully saturated rings. The third-order valence-corrected chi connectivity index (χ3v) is 5.92. The van der Waals surface area contributed by atoms with Crippen LogP contribution in [0.1, 0.15) is 18.1 Å². The zero-order valence-electron chi connectivity index (χ0n) is 16.2. The Labute approximate surface area is 164 Å². The van der Waals surface area contributed by atoms with Crippen LogP contribution in [-0.2, 0) is 4.79 Å². The van der Waals surface area contributed by atoms with E-state index in [0.717, 1.165) is 30.9 Å². The lowest BCUT2D eigenvalue weighted by molar-refractivity contribution is -0.118. The fourth-order valence-corrected chi connectivity index (χ4v) is 4.09. The van der Waals surface area contributed by atoms with E-state index in [1.54, 1.807) is 0 Å². The maximum atomic E-state index is 12.4. The van der Waals surface area contributed by atoms with E-state index in [4.69, 9.17) is 5.11 Å². The minimum absolute atomic E-state index is 0.0292. The summed E-state index contributed by atoms with van der Waals surface area (Å²) in [6.45, 7) is 10.1. The summed E-state index contributed by atoms with van der Waals surface area (Å²) < 4.78 is 0. The highest BCUT2D eigenvalue weighted by molar-refractivity contribution is 7.14. The molecule has 2 N–H and O–H groups in total. The molecule has 0 spiro atoms. The lowest BCUT2D eigenvalue weighted by Gasteiger charge is -2.39. The maximum absolute atomic E-state index is 12.4. The number of amides is 1. The summed E-state index contributed by atoms with van der Waals surface area (Å²) in [7, 11) is 0. The first-order valence-corrected chi connectivity index (χ1v) is 10.2. The van der Waals surface area contributed by atoms with Gasteiger partial charge in [0.05, 0.1) is 18.8 Å². The van der Waals surface area contributed by atoms with Crippen molar-refractivity contribution in [3.8, 4) is 11.3 Å². The Balaban J connectivity index is 1.56. The average Bonchev–Trinajstić information content (AvgIpc) is 3.08. The predicted molar refractivity (Wildman–Crippen MR) is 110 cm³/mol. The molecule has 27 heavy (non-hydrogen) atoms. The number of aryl methyl sites for hydroxylation is 2. The van der Waals surface area contributed by atoms with Crippen LogP contribution in [0.4, 0.5) is 5.13 Å². The zero-order valence-corrected chi connectivity index (χ0v) is 17.1. The van der Waals surface area contributed by atoms with Gasteiger partial charge in [-0.05, 0) is 38.0 Å². The van der Waals surface area contributed by atoms with Gasteiger partial charge in [0.2, 0.25) is 5.91 Å². The van der Waals surface area contributed by atoms with Gasteiger partial charge in [-0.1, -0.05) is 12.1 Å². The average molecular weight is 389 g/mol. The summed E-state index contributed by atoms with van der Waals surface area (Å²) in [6, 6.07) is 6.58. The van der Waals surface area contributed by atoms with Gasteiger partial charge in [0.15, 0.2) is 5.13 Å². The Hall–Kier alpha value is -1.80. The lowest BCUT2D eigenvalue weighted by Crippen LogP contribution is -2.54. The van der Waals surface area contributed by atoms with Gasteiger partial charge in [0, 0.05) is 43.2 Å². The maximum Gasteiger partial charge on any atom is 0.240 e. The fourth-order valence-electron chi connectivity index (χ4n) is 3.36. The number of benzene rings is 1. The Morgan fingerprint density at radius 3 is 2.85 bits per heavy atom. The van der Waals surface area contributed by atoms with E-state index in [1.807, 2.05) is 5.38 Å². The summed E-state index contributed by atoms with van der Waals surface area (Å²) in [5, 5.41) is 14.6. The molecule has 1 amide bonds. The van der Waals surface area contributed by atoms with Crippen molar-refractivity contribution in [1.29, 1.82) is 0 Å². The van der Waals surface area contributed by atoms with Crippen molar-refractivity contribution in [3.63, 3.8) is 0 Å². The molecule has 1 aromatic heterocycles. The van der Waals surface area contributed by atoms with Crippen molar-refractivity contribution < 1.29 is 9.90 Å². The van der Waals surface area contributed by atoms with E-state index in [-0.39, 0.29) is 12.5 Å². The van der Waals surface area contributed by atoms with E-state index in [2.05, 4.69) is 59.1 Å². The summed E-state index contributed by atoms with van der Waals surface area (Å²) in [5.74, 6) is -0.0292. The van der Waals surface area contributed by atoms with E-state index in [1.165, 1.54) is 22.5 Å². The number of hydrogen-bond acceptors (Lipinski definition) is 6. The van der Waals surface area contributed by atoms with Gasteiger partial charge in [0.25, 0.3) is 0 Å². The molecule has 1 saturated heterocycles. The minimum atomic E-state index is -0.0292. The molecule has 1 aliphatic heterocycles. The second-order valence-corrected chi connectivity index (χ2v) is 8.09. The predicted octanol–water partition coefficient (Wildman–Crippen LogP) is 2.36. The minimum Gasteiger partial charge on any atom is -0.395 e. The Morgan fingerprint density at radius 1 is 1.33 bits per heavy atom. The highest BCUT2D eigenvalue weighted by atomic mass is 32.1. The SMILES string of the molecule is Cc1ccc(-c2csc(NC(=O)CN3CCN(CCO)CC3C)n2)cc1C. The Kier molecular flexibility index (Phi) is 6.59. The number of β-amino-alcohol motifs (C(OH)–C–C–N with tert-alkyl or cyclic N) is 1. The van der Waals surface area contributed by atoms with Crippen molar-refractivity contribution in [3.05, 3.63) is 34.7 Å². The fraction of sp³-hybridized carbons (Fsp3) is 0.500. The zero-order chi connectivity index (χ0) is 19.4. The van der Waals surface area contributed by atoms with Gasteiger partial charge in [0.1, 0.15) is 0 Å². The molecule has 0 radical (unpaired) electrons. The Bertz CT molecular complexity index is 792. The van der Waals surface area contributed by atoms with Crippen LogP contribution < -0.4 is 5.32 Å². The van der Waals surface area contributed by atoms with Crippen LogP contribution >= 0.6 is 11.3 Å². The number of aliphatic hydroxyl groups is 1. The first kappa shape index (κ1) is 19.9. The van der Waals surface area contributed by atoms with Gasteiger partial charge in [-0.25, -0.2) is 4.98 Å². The van der Waals surface area contributed by atoms with E-state index < -0.39 is 0 Å². The largest absolute Gasteiger partial charge is 0.395 e. The second-order valence-electron chi connectivity index (χ2n) is 7.23. The first-order valence-electron chi connectivity index (χ1n) is 9.36. The van der Waals surface area contributed by atoms with Crippen LogP contribution in [0.25, 0.3) is 11.3 Å². The van der Waals surface area contributed by atoms with Gasteiger partial charge in [-0.15, -0.1) is 11.3 Å². The van der Waals surface area contributed by atoms with Gasteiger partial charge in [-0.2, -0.15) is 0 Å². The van der Waals surface area contributed by atoms with Gasteiger partial charge < -0.3 is 10.4 Å². The number of hydrogen-bond donors (Lipinski definition) is 2. The molecular formula is C20H28N4O2S. The van der Waals surface area contributed by atoms with E-state index in [0.29, 0.717) is 24.3 Å². The third-order valence-electron chi connectivity index (χ3n) is 5.17. The number of nitrogens with zero attached hydrogens (tertiary/aromatic N) is 3. The number of piperazine rings is 1.